The molecule has 0 radical (unpaired) electrons. The summed E-state index contributed by atoms with van der Waals surface area (Å²) in [5.41, 5.74) is 3.18. The third-order valence-corrected chi connectivity index (χ3v) is 9.46. The lowest BCUT2D eigenvalue weighted by molar-refractivity contribution is 0.0224. The molecule has 0 bridgehead atoms. The van der Waals surface area contributed by atoms with Crippen molar-refractivity contribution in [2.24, 2.45) is 0 Å². The van der Waals surface area contributed by atoms with E-state index in [2.05, 4.69) is 24.1 Å². The van der Waals surface area contributed by atoms with Crippen molar-refractivity contribution in [3.8, 4) is 11.5 Å². The molecule has 1 N–H and O–H groups in total. The summed E-state index contributed by atoms with van der Waals surface area (Å²) < 4.78 is 39.5. The Hall–Kier alpha value is -4.30. The molecule has 40 heavy (non-hydrogen) atoms. The minimum atomic E-state index is -3.65. The first-order chi connectivity index (χ1) is 19.3. The Morgan fingerprint density at radius 2 is 1.50 bits per heavy atom. The molecule has 4 aromatic rings. The van der Waals surface area contributed by atoms with Gasteiger partial charge >= 0.3 is 5.97 Å². The molecule has 1 spiro atoms. The second-order valence-corrected chi connectivity index (χ2v) is 12.1. The molecule has 0 amide bonds. The Morgan fingerprint density at radius 1 is 0.800 bits per heavy atom. The fourth-order valence-corrected chi connectivity index (χ4v) is 6.70. The highest BCUT2D eigenvalue weighted by atomic mass is 32.2. The summed E-state index contributed by atoms with van der Waals surface area (Å²) in [4.78, 5) is 15.6. The van der Waals surface area contributed by atoms with Gasteiger partial charge in [0.25, 0.3) is 0 Å². The average molecular weight is 555 g/mol. The average Bonchev–Trinajstić information content (AvgIpc) is 3.27. The van der Waals surface area contributed by atoms with Crippen LogP contribution in [0.3, 0.4) is 0 Å². The smallest absolute Gasteiger partial charge is 0.340 e. The number of nitrogens with zero attached hydrogens (tertiary/aromatic N) is 1. The van der Waals surface area contributed by atoms with Crippen LogP contribution in [0.15, 0.2) is 89.8 Å². The van der Waals surface area contributed by atoms with Gasteiger partial charge in [0.15, 0.2) is 15.4 Å². The number of benzene rings is 4. The fraction of sp³-hybridized carbons (Fsp3) is 0.219. The van der Waals surface area contributed by atoms with Crippen molar-refractivity contribution in [3.63, 3.8) is 0 Å². The van der Waals surface area contributed by atoms with Crippen LogP contribution in [-0.2, 0) is 20.2 Å². The van der Waals surface area contributed by atoms with E-state index in [1.807, 2.05) is 66.7 Å². The maximum Gasteiger partial charge on any atom is 0.340 e. The molecule has 8 heteroatoms. The molecule has 0 aromatic heterocycles. The number of anilines is 3. The molecule has 0 aliphatic carbocycles. The number of carbonyl (C=O) groups is 1. The molecule has 1 atom stereocenters. The summed E-state index contributed by atoms with van der Waals surface area (Å²) in [6, 6.07) is 25.9. The van der Waals surface area contributed by atoms with Crippen LogP contribution < -0.4 is 15.0 Å². The lowest BCUT2D eigenvalue weighted by Crippen LogP contribution is -2.33. The molecule has 2 aliphatic heterocycles. The van der Waals surface area contributed by atoms with Crippen LogP contribution in [0, 0.1) is 0 Å². The summed E-state index contributed by atoms with van der Waals surface area (Å²) in [5, 5.41) is 3.29. The molecular formula is C32H30N2O5S. The summed E-state index contributed by atoms with van der Waals surface area (Å²) in [6.45, 7) is 7.39. The van der Waals surface area contributed by atoms with Crippen LogP contribution in [0.1, 0.15) is 47.8 Å². The van der Waals surface area contributed by atoms with Crippen molar-refractivity contribution >= 4 is 32.9 Å². The van der Waals surface area contributed by atoms with E-state index >= 15 is 0 Å². The monoisotopic (exact) mass is 554 g/mol. The number of rotatable bonds is 7. The molecule has 0 fully saturated rings. The highest BCUT2D eigenvalue weighted by Gasteiger charge is 2.54. The van der Waals surface area contributed by atoms with Crippen LogP contribution in [0.25, 0.3) is 0 Å². The molecule has 0 saturated heterocycles. The molecular weight excluding hydrogens is 524 g/mol. The zero-order valence-corrected chi connectivity index (χ0v) is 23.4. The van der Waals surface area contributed by atoms with Gasteiger partial charge in [0, 0.05) is 53.3 Å². The lowest BCUT2D eigenvalue weighted by atomic mass is 9.77. The van der Waals surface area contributed by atoms with E-state index in [9.17, 15) is 13.2 Å². The van der Waals surface area contributed by atoms with Crippen molar-refractivity contribution in [1.82, 2.24) is 0 Å². The maximum atomic E-state index is 13.3. The Morgan fingerprint density at radius 3 is 2.23 bits per heavy atom. The summed E-state index contributed by atoms with van der Waals surface area (Å²) in [7, 11) is -3.65. The highest BCUT2D eigenvalue weighted by Crippen LogP contribution is 2.57. The van der Waals surface area contributed by atoms with E-state index in [0.717, 1.165) is 24.5 Å². The first kappa shape index (κ1) is 26.0. The predicted molar refractivity (Wildman–Crippen MR) is 156 cm³/mol. The largest absolute Gasteiger partial charge is 0.456 e. The van der Waals surface area contributed by atoms with Crippen LogP contribution >= 0.6 is 0 Å². The number of nitrogens with one attached hydrogen (secondary N) is 1. The molecule has 2 heterocycles. The van der Waals surface area contributed by atoms with Gasteiger partial charge in [0.2, 0.25) is 0 Å². The van der Waals surface area contributed by atoms with E-state index in [1.54, 1.807) is 25.1 Å². The van der Waals surface area contributed by atoms with Gasteiger partial charge in [-0.15, -0.1) is 0 Å². The van der Waals surface area contributed by atoms with Crippen LogP contribution in [0.2, 0.25) is 0 Å². The standard InChI is InChI=1S/C32H30N2O5S/c1-4-34(5-2)22-16-17-25-28(18-22)38-29-20-30(40(36,37)6-3)27(33-21-12-8-7-9-13-21)19-26(29)32(25)24-15-11-10-14-23(24)31(35)39-32/h7-20,33H,4-6H2,1-3H3. The SMILES string of the molecule is CCN(CC)c1ccc2c(c1)Oc1cc(S(=O)(=O)CC)c(Nc3ccccc3)cc1C21OC(=O)c2ccccc21. The van der Waals surface area contributed by atoms with Gasteiger partial charge in [0.1, 0.15) is 11.5 Å². The number of ether oxygens (including phenoxy) is 2. The number of hydrogen-bond donors (Lipinski definition) is 1. The number of fused-ring (bicyclic) bond motifs is 6. The van der Waals surface area contributed by atoms with Gasteiger partial charge < -0.3 is 19.7 Å². The number of sulfone groups is 1. The number of esters is 1. The molecule has 1 unspecified atom stereocenters. The number of carbonyl (C=O) groups excluding carboxylic acids is 1. The van der Waals surface area contributed by atoms with Crippen molar-refractivity contribution < 1.29 is 22.7 Å². The van der Waals surface area contributed by atoms with Crippen molar-refractivity contribution in [3.05, 3.63) is 107 Å². The van der Waals surface area contributed by atoms with Gasteiger partial charge in [-0.3, -0.25) is 0 Å². The Bertz CT molecular complexity index is 1730. The topological polar surface area (TPSA) is 84.9 Å². The van der Waals surface area contributed by atoms with E-state index in [0.29, 0.717) is 39.4 Å². The summed E-state index contributed by atoms with van der Waals surface area (Å²) in [5.74, 6) is 0.329. The first-order valence-corrected chi connectivity index (χ1v) is 15.1. The minimum absolute atomic E-state index is 0.0824. The molecule has 7 nitrogen and oxygen atoms in total. The van der Waals surface area contributed by atoms with Crippen LogP contribution in [-0.4, -0.2) is 33.2 Å². The third kappa shape index (κ3) is 3.93. The van der Waals surface area contributed by atoms with Gasteiger partial charge in [0.05, 0.1) is 21.9 Å². The Balaban J connectivity index is 1.65. The summed E-state index contributed by atoms with van der Waals surface area (Å²) in [6.07, 6.45) is 0. The molecule has 0 saturated carbocycles. The second kappa shape index (κ2) is 9.71. The van der Waals surface area contributed by atoms with Crippen LogP contribution in [0.4, 0.5) is 17.1 Å². The normalized spacial score (nSPS) is 16.9. The van der Waals surface area contributed by atoms with E-state index < -0.39 is 21.4 Å². The molecule has 2 aliphatic rings. The van der Waals surface area contributed by atoms with Gasteiger partial charge in [-0.1, -0.05) is 43.3 Å². The van der Waals surface area contributed by atoms with Crippen molar-refractivity contribution in [2.45, 2.75) is 31.3 Å². The molecule has 4 aromatic carbocycles. The van der Waals surface area contributed by atoms with E-state index in [-0.39, 0.29) is 10.6 Å². The van der Waals surface area contributed by atoms with Crippen molar-refractivity contribution in [1.29, 1.82) is 0 Å². The first-order valence-electron chi connectivity index (χ1n) is 13.5. The quantitative estimate of drug-likeness (QED) is 0.256. The van der Waals surface area contributed by atoms with Gasteiger partial charge in [-0.25, -0.2) is 13.2 Å². The number of para-hydroxylation sites is 1. The van der Waals surface area contributed by atoms with Crippen molar-refractivity contribution in [2.75, 3.05) is 29.1 Å². The lowest BCUT2D eigenvalue weighted by Gasteiger charge is -2.37. The highest BCUT2D eigenvalue weighted by molar-refractivity contribution is 7.91. The Labute approximate surface area is 234 Å². The van der Waals surface area contributed by atoms with E-state index in [4.69, 9.17) is 9.47 Å². The minimum Gasteiger partial charge on any atom is -0.456 e. The summed E-state index contributed by atoms with van der Waals surface area (Å²) >= 11 is 0. The van der Waals surface area contributed by atoms with Gasteiger partial charge in [-0.05, 0) is 50.2 Å². The maximum absolute atomic E-state index is 13.3. The third-order valence-electron chi connectivity index (χ3n) is 7.69. The van der Waals surface area contributed by atoms with Gasteiger partial charge in [-0.2, -0.15) is 0 Å². The predicted octanol–water partition coefficient (Wildman–Crippen LogP) is 6.64. The fourth-order valence-electron chi connectivity index (χ4n) is 5.66. The second-order valence-electron chi connectivity index (χ2n) is 9.81. The van der Waals surface area contributed by atoms with Crippen LogP contribution in [0.5, 0.6) is 11.5 Å². The molecule has 6 rings (SSSR count). The number of hydrogen-bond acceptors (Lipinski definition) is 7. The zero-order valence-electron chi connectivity index (χ0n) is 22.6. The van der Waals surface area contributed by atoms with E-state index in [1.165, 1.54) is 0 Å². The Kier molecular flexibility index (Phi) is 6.30. The molecule has 204 valence electrons. The zero-order chi connectivity index (χ0) is 28.1.